The summed E-state index contributed by atoms with van der Waals surface area (Å²) in [5.74, 6) is 1.71. The smallest absolute Gasteiger partial charge is 0.232 e. The fraction of sp³-hybridized carbons (Fsp3) is 0.500. The second-order valence-corrected chi connectivity index (χ2v) is 5.43. The Balaban J connectivity index is 1.98. The highest BCUT2D eigenvalue weighted by Gasteiger charge is 2.20. The Labute approximate surface area is 114 Å². The number of nitrogens with zero attached hydrogens (tertiary/aromatic N) is 2. The van der Waals surface area contributed by atoms with E-state index in [0.717, 1.165) is 12.8 Å². The van der Waals surface area contributed by atoms with Crippen molar-refractivity contribution in [1.29, 1.82) is 0 Å². The van der Waals surface area contributed by atoms with Gasteiger partial charge in [-0.05, 0) is 40.6 Å². The molecular weight excluding hydrogens is 304 g/mol. The summed E-state index contributed by atoms with van der Waals surface area (Å²) >= 11 is 9.20. The standard InChI is InChI=1S/C12H14BrClN2O/c1-8-4-2-3-5-9(8)6-17-12-10(13)11(14)15-7-16-12/h2-3,7-9H,4-6H2,1H3. The van der Waals surface area contributed by atoms with Gasteiger partial charge in [0.2, 0.25) is 5.88 Å². The van der Waals surface area contributed by atoms with Crippen molar-refractivity contribution in [3.05, 3.63) is 28.1 Å². The van der Waals surface area contributed by atoms with Crippen molar-refractivity contribution in [2.24, 2.45) is 11.8 Å². The second-order valence-electron chi connectivity index (χ2n) is 4.27. The lowest BCUT2D eigenvalue weighted by atomic mass is 9.85. The van der Waals surface area contributed by atoms with Crippen molar-refractivity contribution in [3.63, 3.8) is 0 Å². The third kappa shape index (κ3) is 3.19. The topological polar surface area (TPSA) is 35.0 Å². The number of rotatable bonds is 3. The minimum Gasteiger partial charge on any atom is -0.476 e. The van der Waals surface area contributed by atoms with E-state index in [4.69, 9.17) is 16.3 Å². The van der Waals surface area contributed by atoms with E-state index in [0.29, 0.717) is 33.9 Å². The molecular formula is C12H14BrClN2O. The first kappa shape index (κ1) is 12.8. The molecule has 2 atom stereocenters. The molecule has 1 heterocycles. The number of ether oxygens (including phenoxy) is 1. The Morgan fingerprint density at radius 2 is 2.18 bits per heavy atom. The maximum Gasteiger partial charge on any atom is 0.232 e. The third-order valence-electron chi connectivity index (χ3n) is 3.07. The maximum atomic E-state index is 5.87. The summed E-state index contributed by atoms with van der Waals surface area (Å²) < 4.78 is 6.34. The summed E-state index contributed by atoms with van der Waals surface area (Å²) in [6, 6.07) is 0. The van der Waals surface area contributed by atoms with Gasteiger partial charge in [-0.2, -0.15) is 0 Å². The van der Waals surface area contributed by atoms with Gasteiger partial charge in [0.15, 0.2) is 5.15 Å². The Morgan fingerprint density at radius 1 is 1.41 bits per heavy atom. The van der Waals surface area contributed by atoms with E-state index in [1.54, 1.807) is 0 Å². The lowest BCUT2D eigenvalue weighted by Gasteiger charge is -2.25. The van der Waals surface area contributed by atoms with Gasteiger partial charge in [-0.15, -0.1) is 0 Å². The van der Waals surface area contributed by atoms with Gasteiger partial charge in [0, 0.05) is 0 Å². The summed E-state index contributed by atoms with van der Waals surface area (Å²) in [5.41, 5.74) is 0. The van der Waals surface area contributed by atoms with E-state index >= 15 is 0 Å². The molecule has 2 unspecified atom stereocenters. The average molecular weight is 318 g/mol. The van der Waals surface area contributed by atoms with Crippen LogP contribution in [0.3, 0.4) is 0 Å². The molecule has 0 radical (unpaired) electrons. The van der Waals surface area contributed by atoms with Crippen LogP contribution in [0.25, 0.3) is 0 Å². The van der Waals surface area contributed by atoms with Crippen LogP contribution in [-0.2, 0) is 0 Å². The largest absolute Gasteiger partial charge is 0.476 e. The molecule has 3 nitrogen and oxygen atoms in total. The number of allylic oxidation sites excluding steroid dienone is 2. The van der Waals surface area contributed by atoms with Crippen LogP contribution in [0.1, 0.15) is 19.8 Å². The molecule has 2 rings (SSSR count). The molecule has 1 aliphatic carbocycles. The monoisotopic (exact) mass is 316 g/mol. The van der Waals surface area contributed by atoms with Crippen LogP contribution >= 0.6 is 27.5 Å². The van der Waals surface area contributed by atoms with Crippen molar-refractivity contribution in [2.75, 3.05) is 6.61 Å². The SMILES string of the molecule is CC1CC=CCC1COc1ncnc(Cl)c1Br. The fourth-order valence-electron chi connectivity index (χ4n) is 1.86. The van der Waals surface area contributed by atoms with Gasteiger partial charge in [0.25, 0.3) is 0 Å². The molecule has 1 aromatic heterocycles. The van der Waals surface area contributed by atoms with Crippen LogP contribution in [0.15, 0.2) is 23.0 Å². The average Bonchev–Trinajstić information content (AvgIpc) is 2.33. The summed E-state index contributed by atoms with van der Waals surface area (Å²) in [7, 11) is 0. The van der Waals surface area contributed by atoms with Gasteiger partial charge < -0.3 is 4.74 Å². The van der Waals surface area contributed by atoms with Crippen molar-refractivity contribution in [3.8, 4) is 5.88 Å². The van der Waals surface area contributed by atoms with Gasteiger partial charge in [-0.25, -0.2) is 9.97 Å². The first-order valence-corrected chi connectivity index (χ1v) is 6.79. The molecule has 17 heavy (non-hydrogen) atoms. The molecule has 0 saturated heterocycles. The number of aromatic nitrogens is 2. The van der Waals surface area contributed by atoms with E-state index in [9.17, 15) is 0 Å². The van der Waals surface area contributed by atoms with Gasteiger partial charge in [0.05, 0.1) is 6.61 Å². The Bertz CT molecular complexity index is 425. The predicted octanol–water partition coefficient (Wildman–Crippen LogP) is 3.87. The molecule has 0 N–H and O–H groups in total. The summed E-state index contributed by atoms with van der Waals surface area (Å²) in [6.07, 6.45) is 8.05. The molecule has 0 saturated carbocycles. The van der Waals surface area contributed by atoms with Crippen molar-refractivity contribution >= 4 is 27.5 Å². The first-order chi connectivity index (χ1) is 8.18. The normalized spacial score (nSPS) is 23.7. The number of hydrogen-bond acceptors (Lipinski definition) is 3. The zero-order chi connectivity index (χ0) is 12.3. The van der Waals surface area contributed by atoms with Crippen LogP contribution < -0.4 is 4.74 Å². The highest BCUT2D eigenvalue weighted by molar-refractivity contribution is 9.10. The minimum absolute atomic E-state index is 0.381. The van der Waals surface area contributed by atoms with Gasteiger partial charge in [0.1, 0.15) is 10.8 Å². The van der Waals surface area contributed by atoms with Crippen LogP contribution in [0.4, 0.5) is 0 Å². The molecule has 1 aliphatic rings. The van der Waals surface area contributed by atoms with E-state index < -0.39 is 0 Å². The van der Waals surface area contributed by atoms with E-state index in [1.807, 2.05) is 0 Å². The quantitative estimate of drug-likeness (QED) is 0.627. The summed E-state index contributed by atoms with van der Waals surface area (Å²) in [5, 5.41) is 0.381. The van der Waals surface area contributed by atoms with Crippen LogP contribution in [0, 0.1) is 11.8 Å². The molecule has 92 valence electrons. The Kier molecular flexibility index (Phi) is 4.40. The van der Waals surface area contributed by atoms with Crippen molar-refractivity contribution in [1.82, 2.24) is 9.97 Å². The zero-order valence-electron chi connectivity index (χ0n) is 9.57. The lowest BCUT2D eigenvalue weighted by molar-refractivity contribution is 0.191. The van der Waals surface area contributed by atoms with Crippen LogP contribution in [0.5, 0.6) is 5.88 Å². The first-order valence-electron chi connectivity index (χ1n) is 5.62. The minimum atomic E-state index is 0.381. The van der Waals surface area contributed by atoms with Crippen LogP contribution in [-0.4, -0.2) is 16.6 Å². The van der Waals surface area contributed by atoms with E-state index in [2.05, 4.69) is 45.0 Å². The predicted molar refractivity (Wildman–Crippen MR) is 71.3 cm³/mol. The molecule has 0 fully saturated rings. The maximum absolute atomic E-state index is 5.87. The summed E-state index contributed by atoms with van der Waals surface area (Å²) in [4.78, 5) is 7.93. The lowest BCUT2D eigenvalue weighted by Crippen LogP contribution is -2.21. The molecule has 0 bridgehead atoms. The van der Waals surface area contributed by atoms with Gasteiger partial charge >= 0.3 is 0 Å². The summed E-state index contributed by atoms with van der Waals surface area (Å²) in [6.45, 7) is 2.91. The molecule has 0 spiro atoms. The zero-order valence-corrected chi connectivity index (χ0v) is 11.9. The second kappa shape index (κ2) is 5.83. The van der Waals surface area contributed by atoms with Gasteiger partial charge in [-0.1, -0.05) is 30.7 Å². The highest BCUT2D eigenvalue weighted by Crippen LogP contribution is 2.30. The third-order valence-corrected chi connectivity index (χ3v) is 4.30. The molecule has 0 amide bonds. The van der Waals surface area contributed by atoms with E-state index in [1.165, 1.54) is 6.33 Å². The highest BCUT2D eigenvalue weighted by atomic mass is 79.9. The molecule has 5 heteroatoms. The van der Waals surface area contributed by atoms with Gasteiger partial charge in [-0.3, -0.25) is 0 Å². The van der Waals surface area contributed by atoms with Crippen molar-refractivity contribution in [2.45, 2.75) is 19.8 Å². The Morgan fingerprint density at radius 3 is 2.94 bits per heavy atom. The number of hydrogen-bond donors (Lipinski definition) is 0. The van der Waals surface area contributed by atoms with Crippen LogP contribution in [0.2, 0.25) is 5.15 Å². The molecule has 0 aliphatic heterocycles. The van der Waals surface area contributed by atoms with E-state index in [-0.39, 0.29) is 0 Å². The Hall–Kier alpha value is -0.610. The fourth-order valence-corrected chi connectivity index (χ4v) is 2.30. The number of halogens is 2. The molecule has 1 aromatic rings. The molecule has 0 aromatic carbocycles. The van der Waals surface area contributed by atoms with Crippen molar-refractivity contribution < 1.29 is 4.74 Å².